The first-order chi connectivity index (χ1) is 23.6. The molecule has 12 heteroatoms. The first kappa shape index (κ1) is 39.6. The van der Waals surface area contributed by atoms with Crippen molar-refractivity contribution in [3.8, 4) is 5.75 Å². The third-order valence-corrected chi connectivity index (χ3v) is 8.58. The van der Waals surface area contributed by atoms with Crippen molar-refractivity contribution in [2.75, 3.05) is 27.2 Å². The number of unbranched alkanes of at least 4 members (excludes halogenated alkanes) is 1. The van der Waals surface area contributed by atoms with Crippen LogP contribution in [0.4, 0.5) is 9.59 Å². The topological polar surface area (TPSA) is 134 Å². The second kappa shape index (κ2) is 15.2. The maximum Gasteiger partial charge on any atom is 0.420 e. The molecule has 2 aromatic heterocycles. The summed E-state index contributed by atoms with van der Waals surface area (Å²) < 4.78 is 20.4. The number of nitrogens with zero attached hydrogens (tertiary/aromatic N) is 4. The molecule has 1 atom stereocenters. The Bertz CT molecular complexity index is 1790. The van der Waals surface area contributed by atoms with Crippen molar-refractivity contribution in [2.45, 2.75) is 125 Å². The summed E-state index contributed by atoms with van der Waals surface area (Å²) in [7, 11) is 4.01. The number of ketones is 1. The number of hydrogen-bond acceptors (Lipinski definition) is 9. The van der Waals surface area contributed by atoms with Crippen LogP contribution in [0.25, 0.3) is 11.0 Å². The highest BCUT2D eigenvalue weighted by atomic mass is 16.6. The Morgan fingerprint density at radius 2 is 1.61 bits per heavy atom. The summed E-state index contributed by atoms with van der Waals surface area (Å²) in [5, 5.41) is 3.11. The molecule has 0 aliphatic heterocycles. The maximum absolute atomic E-state index is 14.5. The van der Waals surface area contributed by atoms with Gasteiger partial charge in [-0.05, 0) is 105 Å². The van der Waals surface area contributed by atoms with E-state index in [2.05, 4.69) is 10.2 Å². The van der Waals surface area contributed by atoms with Crippen LogP contribution in [0.1, 0.15) is 138 Å². The van der Waals surface area contributed by atoms with Crippen molar-refractivity contribution in [1.29, 1.82) is 0 Å². The number of rotatable bonds is 11. The summed E-state index contributed by atoms with van der Waals surface area (Å²) in [5.74, 6) is 0.174. The van der Waals surface area contributed by atoms with E-state index in [0.29, 0.717) is 71.7 Å². The predicted octanol–water partition coefficient (Wildman–Crippen LogP) is 7.86. The van der Waals surface area contributed by atoms with E-state index in [1.54, 1.807) is 60.6 Å². The van der Waals surface area contributed by atoms with E-state index in [1.165, 1.54) is 9.13 Å². The van der Waals surface area contributed by atoms with Gasteiger partial charge < -0.3 is 24.4 Å². The molecule has 0 radical (unpaired) electrons. The molecule has 0 saturated heterocycles. The van der Waals surface area contributed by atoms with Gasteiger partial charge >= 0.3 is 12.2 Å². The largest absolute Gasteiger partial charge is 0.493 e. The summed E-state index contributed by atoms with van der Waals surface area (Å²) >= 11 is 0. The lowest BCUT2D eigenvalue weighted by Crippen LogP contribution is -2.37. The average Bonchev–Trinajstić information content (AvgIpc) is 3.49. The van der Waals surface area contributed by atoms with Crippen molar-refractivity contribution < 1.29 is 33.4 Å². The van der Waals surface area contributed by atoms with Gasteiger partial charge in [0.1, 0.15) is 28.5 Å². The van der Waals surface area contributed by atoms with Crippen molar-refractivity contribution in [3.05, 3.63) is 46.5 Å². The SMILES string of the molecule is CCCC[C@H](NC(=O)c1c(C)c2c(n1C(=O)OC(C)(C)C)CC(C)(C)CC2=O)c1nc2ccc(OCCCN(C)C)cc2n1C(=O)OC(C)(C)C. The fourth-order valence-electron chi connectivity index (χ4n) is 6.47. The van der Waals surface area contributed by atoms with Gasteiger partial charge in [0.15, 0.2) is 5.78 Å². The first-order valence-electron chi connectivity index (χ1n) is 18.0. The van der Waals surface area contributed by atoms with Gasteiger partial charge in [0.05, 0.1) is 23.7 Å². The molecule has 1 amide bonds. The highest BCUT2D eigenvalue weighted by Gasteiger charge is 2.41. The molecule has 0 spiro atoms. The number of carbonyl (C=O) groups excluding carboxylic acids is 4. The predicted molar refractivity (Wildman–Crippen MR) is 197 cm³/mol. The van der Waals surface area contributed by atoms with Gasteiger partial charge in [-0.25, -0.2) is 23.7 Å². The van der Waals surface area contributed by atoms with Gasteiger partial charge in [-0.1, -0.05) is 33.6 Å². The van der Waals surface area contributed by atoms with E-state index in [4.69, 9.17) is 19.2 Å². The summed E-state index contributed by atoms with van der Waals surface area (Å²) in [4.78, 5) is 62.8. The number of fused-ring (bicyclic) bond motifs is 2. The van der Waals surface area contributed by atoms with Crippen LogP contribution in [0, 0.1) is 12.3 Å². The number of ether oxygens (including phenoxy) is 3. The molecule has 280 valence electrons. The molecule has 4 rings (SSSR count). The Morgan fingerprint density at radius 3 is 2.20 bits per heavy atom. The molecule has 3 aromatic rings. The summed E-state index contributed by atoms with van der Waals surface area (Å²) in [5.41, 5.74) is 0.251. The molecule has 51 heavy (non-hydrogen) atoms. The van der Waals surface area contributed by atoms with Crippen LogP contribution < -0.4 is 10.1 Å². The van der Waals surface area contributed by atoms with Gasteiger partial charge in [-0.2, -0.15) is 0 Å². The highest BCUT2D eigenvalue weighted by molar-refractivity contribution is 6.07. The fraction of sp³-hybridized carbons (Fsp3) is 0.615. The van der Waals surface area contributed by atoms with Crippen molar-refractivity contribution in [1.82, 2.24) is 24.3 Å². The number of amides is 1. The molecule has 0 fully saturated rings. The normalized spacial score (nSPS) is 15.1. The fourth-order valence-corrected chi connectivity index (χ4v) is 6.47. The van der Waals surface area contributed by atoms with Crippen LogP contribution in [-0.4, -0.2) is 81.3 Å². The zero-order valence-corrected chi connectivity index (χ0v) is 32.6. The monoisotopic (exact) mass is 707 g/mol. The van der Waals surface area contributed by atoms with Crippen LogP contribution in [0.5, 0.6) is 5.75 Å². The minimum absolute atomic E-state index is 0.0372. The number of aromatic nitrogens is 3. The number of carbonyl (C=O) groups is 4. The molecule has 0 saturated carbocycles. The van der Waals surface area contributed by atoms with Crippen molar-refractivity contribution in [2.24, 2.45) is 5.41 Å². The van der Waals surface area contributed by atoms with E-state index < -0.39 is 40.8 Å². The standard InChI is InChI=1S/C39H57N5O7/c1-13-14-16-27(33-40-26-18-17-25(49-20-15-19-42(11)12)21-28(26)44(33)36(48)51-38(6,7)8)41-34(46)32-24(2)31-29(22-39(9,10)23-30(31)45)43(32)35(47)50-37(3,4)5/h17-18,21,27H,13-16,19-20,22-23H2,1-12H3,(H,41,46)/t27-/m0/s1. The van der Waals surface area contributed by atoms with Gasteiger partial charge in [0.2, 0.25) is 0 Å². The van der Waals surface area contributed by atoms with E-state index in [-0.39, 0.29) is 11.5 Å². The smallest absolute Gasteiger partial charge is 0.420 e. The third-order valence-electron chi connectivity index (χ3n) is 8.58. The molecule has 1 aromatic carbocycles. The lowest BCUT2D eigenvalue weighted by atomic mass is 9.75. The molecular formula is C39H57N5O7. The van der Waals surface area contributed by atoms with E-state index in [9.17, 15) is 19.2 Å². The third kappa shape index (κ3) is 9.58. The van der Waals surface area contributed by atoms with Crippen LogP contribution >= 0.6 is 0 Å². The Labute approximate surface area is 302 Å². The molecular weight excluding hydrogens is 650 g/mol. The van der Waals surface area contributed by atoms with Crippen LogP contribution in [0.15, 0.2) is 18.2 Å². The lowest BCUT2D eigenvalue weighted by Gasteiger charge is -2.30. The lowest BCUT2D eigenvalue weighted by molar-refractivity contribution is 0.0516. The number of hydrogen-bond donors (Lipinski definition) is 1. The molecule has 2 heterocycles. The van der Waals surface area contributed by atoms with Gasteiger partial charge in [0, 0.05) is 30.3 Å². The van der Waals surface area contributed by atoms with E-state index >= 15 is 0 Å². The minimum Gasteiger partial charge on any atom is -0.493 e. The van der Waals surface area contributed by atoms with E-state index in [1.807, 2.05) is 40.9 Å². The van der Waals surface area contributed by atoms with Crippen LogP contribution in [0.3, 0.4) is 0 Å². The van der Waals surface area contributed by atoms with Crippen molar-refractivity contribution in [3.63, 3.8) is 0 Å². The zero-order chi connectivity index (χ0) is 38.1. The van der Waals surface area contributed by atoms with Gasteiger partial charge in [-0.3, -0.25) is 9.59 Å². The Hall–Kier alpha value is -4.19. The zero-order valence-electron chi connectivity index (χ0n) is 32.6. The Kier molecular flexibility index (Phi) is 11.8. The maximum atomic E-state index is 14.5. The van der Waals surface area contributed by atoms with E-state index in [0.717, 1.165) is 19.4 Å². The second-order valence-corrected chi connectivity index (χ2v) is 16.7. The molecule has 12 nitrogen and oxygen atoms in total. The molecule has 1 N–H and O–H groups in total. The van der Waals surface area contributed by atoms with Gasteiger partial charge in [-0.15, -0.1) is 0 Å². The first-order valence-corrected chi connectivity index (χ1v) is 18.0. The van der Waals surface area contributed by atoms with Crippen LogP contribution in [-0.2, 0) is 15.9 Å². The molecule has 0 bridgehead atoms. The molecule has 1 aliphatic rings. The number of Topliss-reactive ketones (excluding diaryl/α,β-unsaturated/α-hetero) is 1. The molecule has 1 aliphatic carbocycles. The molecule has 0 unspecified atom stereocenters. The van der Waals surface area contributed by atoms with Gasteiger partial charge in [0.25, 0.3) is 5.91 Å². The minimum atomic E-state index is -0.846. The Morgan fingerprint density at radius 1 is 0.980 bits per heavy atom. The number of benzene rings is 1. The summed E-state index contributed by atoms with van der Waals surface area (Å²) in [6, 6.07) is 4.61. The second-order valence-electron chi connectivity index (χ2n) is 16.7. The summed E-state index contributed by atoms with van der Waals surface area (Å²) in [6.45, 7) is 19.7. The number of nitrogens with one attached hydrogen (secondary N) is 1. The van der Waals surface area contributed by atoms with Crippen LogP contribution in [0.2, 0.25) is 0 Å². The number of imidazole rings is 1. The van der Waals surface area contributed by atoms with Crippen molar-refractivity contribution >= 4 is 34.9 Å². The average molecular weight is 708 g/mol. The highest BCUT2D eigenvalue weighted by Crippen LogP contribution is 2.39. The quantitative estimate of drug-likeness (QED) is 0.198. The summed E-state index contributed by atoms with van der Waals surface area (Å²) in [6.07, 6.45) is 2.12. The Balaban J connectivity index is 1.84.